The van der Waals surface area contributed by atoms with Gasteiger partial charge in [-0.2, -0.15) is 9.61 Å². The van der Waals surface area contributed by atoms with Crippen LogP contribution in [0.3, 0.4) is 0 Å². The molecule has 0 radical (unpaired) electrons. The molecule has 0 bridgehead atoms. The molecule has 1 N–H and O–H groups in total. The number of fused-ring (bicyclic) bond motifs is 1. The van der Waals surface area contributed by atoms with Crippen LogP contribution in [-0.2, 0) is 0 Å². The van der Waals surface area contributed by atoms with Gasteiger partial charge < -0.3 is 0 Å². The largest absolute Gasteiger partial charge is 0.298 e. The topological polar surface area (TPSA) is 68.0 Å². The summed E-state index contributed by atoms with van der Waals surface area (Å²) in [4.78, 5) is 16.9. The van der Waals surface area contributed by atoms with Crippen LogP contribution in [-0.4, -0.2) is 24.4 Å². The Morgan fingerprint density at radius 2 is 1.95 bits per heavy atom. The second-order valence-electron chi connectivity index (χ2n) is 4.61. The van der Waals surface area contributed by atoms with E-state index in [-0.39, 0.29) is 5.56 Å². The number of hydrogen-bond acceptors (Lipinski definition) is 3. The summed E-state index contributed by atoms with van der Waals surface area (Å²) >= 11 is 0. The monoisotopic (exact) mass is 277 g/mol. The number of H-pyrrole nitrogens is 1. The van der Waals surface area contributed by atoms with Crippen LogP contribution in [0.4, 0.5) is 0 Å². The number of rotatable bonds is 2. The van der Waals surface area contributed by atoms with Crippen LogP contribution in [0.1, 0.15) is 0 Å². The highest BCUT2D eigenvalue weighted by molar-refractivity contribution is 5.76. The number of benzene rings is 1. The van der Waals surface area contributed by atoms with Gasteiger partial charge in [0.05, 0.1) is 6.20 Å². The molecule has 0 aliphatic heterocycles. The molecule has 21 heavy (non-hydrogen) atoms. The smallest absolute Gasteiger partial charge is 0.296 e. The van der Waals surface area contributed by atoms with Crippen LogP contribution >= 0.6 is 0 Å². The Hall–Kier alpha value is -3.15. The molecule has 3 heterocycles. The van der Waals surface area contributed by atoms with E-state index in [0.29, 0.717) is 11.3 Å². The van der Waals surface area contributed by atoms with Gasteiger partial charge in [0.25, 0.3) is 5.56 Å². The van der Waals surface area contributed by atoms with E-state index in [0.717, 1.165) is 11.1 Å². The van der Waals surface area contributed by atoms with Gasteiger partial charge >= 0.3 is 0 Å². The molecule has 102 valence electrons. The molecule has 0 fully saturated rings. The third kappa shape index (κ3) is 1.77. The van der Waals surface area contributed by atoms with Crippen LogP contribution in [0.5, 0.6) is 0 Å². The molecule has 6 heteroatoms. The van der Waals surface area contributed by atoms with Crippen molar-refractivity contribution < 1.29 is 0 Å². The molecule has 0 unspecified atom stereocenters. The molecule has 0 saturated heterocycles. The first-order valence-electron chi connectivity index (χ1n) is 6.49. The molecular formula is C15H11N5O. The van der Waals surface area contributed by atoms with Gasteiger partial charge in [0.1, 0.15) is 5.69 Å². The van der Waals surface area contributed by atoms with Gasteiger partial charge in [0, 0.05) is 24.2 Å². The van der Waals surface area contributed by atoms with Crippen molar-refractivity contribution in [2.75, 3.05) is 0 Å². The fraction of sp³-hybridized carbons (Fsp3) is 0. The Bertz CT molecular complexity index is 951. The number of aromatic nitrogens is 5. The van der Waals surface area contributed by atoms with Crippen LogP contribution in [0.25, 0.3) is 22.5 Å². The molecule has 0 aliphatic rings. The highest BCUT2D eigenvalue weighted by atomic mass is 16.1. The summed E-state index contributed by atoms with van der Waals surface area (Å²) in [6.07, 6.45) is 6.67. The number of hydrogen-bond donors (Lipinski definition) is 1. The average molecular weight is 277 g/mol. The lowest BCUT2D eigenvalue weighted by molar-refractivity contribution is 0.815. The van der Waals surface area contributed by atoms with E-state index in [4.69, 9.17) is 0 Å². The van der Waals surface area contributed by atoms with Gasteiger partial charge in [-0.3, -0.25) is 9.89 Å². The summed E-state index contributed by atoms with van der Waals surface area (Å²) in [7, 11) is 0. The molecule has 4 rings (SSSR count). The molecule has 0 saturated carbocycles. The third-order valence-corrected chi connectivity index (χ3v) is 3.36. The summed E-state index contributed by atoms with van der Waals surface area (Å²) in [5.41, 5.74) is 2.71. The lowest BCUT2D eigenvalue weighted by Crippen LogP contribution is -2.20. The third-order valence-electron chi connectivity index (χ3n) is 3.36. The minimum Gasteiger partial charge on any atom is -0.296 e. The molecule has 0 spiro atoms. The first-order valence-corrected chi connectivity index (χ1v) is 6.49. The Morgan fingerprint density at radius 1 is 1.10 bits per heavy atom. The van der Waals surface area contributed by atoms with Gasteiger partial charge in [0.15, 0.2) is 5.65 Å². The van der Waals surface area contributed by atoms with E-state index in [1.165, 1.54) is 9.20 Å². The summed E-state index contributed by atoms with van der Waals surface area (Å²) < 4.78 is 2.93. The molecule has 6 nitrogen and oxygen atoms in total. The minimum absolute atomic E-state index is 0.189. The zero-order valence-corrected chi connectivity index (χ0v) is 11.0. The predicted molar refractivity (Wildman–Crippen MR) is 78.4 cm³/mol. The quantitative estimate of drug-likeness (QED) is 0.608. The van der Waals surface area contributed by atoms with E-state index >= 15 is 0 Å². The minimum atomic E-state index is -0.189. The maximum Gasteiger partial charge on any atom is 0.298 e. The second-order valence-corrected chi connectivity index (χ2v) is 4.61. The SMILES string of the molecule is O=c1c(-n2cccn2)cnc2c(-c3ccccc3)c[nH]n12. The maximum absolute atomic E-state index is 12.5. The van der Waals surface area contributed by atoms with Gasteiger partial charge in [-0.05, 0) is 11.6 Å². The van der Waals surface area contributed by atoms with Gasteiger partial charge in [-0.15, -0.1) is 0 Å². The summed E-state index contributed by atoms with van der Waals surface area (Å²) in [5, 5.41) is 7.03. The van der Waals surface area contributed by atoms with E-state index in [2.05, 4.69) is 15.2 Å². The fourth-order valence-electron chi connectivity index (χ4n) is 2.35. The van der Waals surface area contributed by atoms with Gasteiger partial charge in [-0.1, -0.05) is 30.3 Å². The molecule has 0 atom stereocenters. The number of nitrogens with zero attached hydrogens (tertiary/aromatic N) is 4. The molecule has 0 amide bonds. The lowest BCUT2D eigenvalue weighted by atomic mass is 10.1. The lowest BCUT2D eigenvalue weighted by Gasteiger charge is -2.02. The number of nitrogens with one attached hydrogen (secondary N) is 1. The van der Waals surface area contributed by atoms with Crippen LogP contribution in [0.15, 0.2) is 66.0 Å². The zero-order valence-electron chi connectivity index (χ0n) is 11.0. The van der Waals surface area contributed by atoms with Crippen molar-refractivity contribution in [1.82, 2.24) is 24.4 Å². The van der Waals surface area contributed by atoms with E-state index in [1.807, 2.05) is 30.3 Å². The highest BCUT2D eigenvalue weighted by Gasteiger charge is 2.12. The van der Waals surface area contributed by atoms with Crippen molar-refractivity contribution in [3.63, 3.8) is 0 Å². The van der Waals surface area contributed by atoms with Crippen molar-refractivity contribution in [3.8, 4) is 16.8 Å². The molecule has 1 aromatic carbocycles. The Kier molecular flexibility index (Phi) is 2.47. The predicted octanol–water partition coefficient (Wildman–Crippen LogP) is 1.88. The zero-order chi connectivity index (χ0) is 14.2. The first kappa shape index (κ1) is 11.7. The van der Waals surface area contributed by atoms with E-state index in [1.54, 1.807) is 30.9 Å². The summed E-state index contributed by atoms with van der Waals surface area (Å²) in [5.74, 6) is 0. The van der Waals surface area contributed by atoms with Crippen molar-refractivity contribution in [2.45, 2.75) is 0 Å². The molecule has 4 aromatic rings. The first-order chi connectivity index (χ1) is 10.3. The van der Waals surface area contributed by atoms with E-state index in [9.17, 15) is 4.79 Å². The van der Waals surface area contributed by atoms with E-state index < -0.39 is 0 Å². The van der Waals surface area contributed by atoms with Crippen LogP contribution in [0, 0.1) is 0 Å². The summed E-state index contributed by atoms with van der Waals surface area (Å²) in [6.45, 7) is 0. The van der Waals surface area contributed by atoms with Crippen molar-refractivity contribution in [3.05, 3.63) is 71.5 Å². The van der Waals surface area contributed by atoms with Crippen LogP contribution < -0.4 is 5.56 Å². The van der Waals surface area contributed by atoms with Crippen molar-refractivity contribution in [1.29, 1.82) is 0 Å². The van der Waals surface area contributed by atoms with Crippen molar-refractivity contribution >= 4 is 5.65 Å². The molecule has 0 aliphatic carbocycles. The second kappa shape index (κ2) is 4.45. The van der Waals surface area contributed by atoms with Gasteiger partial charge in [0.2, 0.25) is 0 Å². The molecular weight excluding hydrogens is 266 g/mol. The Morgan fingerprint density at radius 3 is 2.71 bits per heavy atom. The number of aromatic amines is 1. The summed E-state index contributed by atoms with van der Waals surface area (Å²) in [6, 6.07) is 11.6. The Labute approximate surface area is 119 Å². The highest BCUT2D eigenvalue weighted by Crippen LogP contribution is 2.21. The maximum atomic E-state index is 12.5. The van der Waals surface area contributed by atoms with Crippen LogP contribution in [0.2, 0.25) is 0 Å². The normalized spacial score (nSPS) is 11.0. The Balaban J connectivity index is 1.96. The molecule has 3 aromatic heterocycles. The van der Waals surface area contributed by atoms with Gasteiger partial charge in [-0.25, -0.2) is 9.67 Å². The standard InChI is InChI=1S/C15H11N5O/c21-15-13(19-8-4-7-17-19)10-16-14-12(9-18-20(14)15)11-5-2-1-3-6-11/h1-10,18H. The average Bonchev–Trinajstić information content (AvgIpc) is 3.18. The fourth-order valence-corrected chi connectivity index (χ4v) is 2.35. The van der Waals surface area contributed by atoms with Crippen molar-refractivity contribution in [2.24, 2.45) is 0 Å².